The molecule has 0 bridgehead atoms. The van der Waals surface area contributed by atoms with Crippen molar-refractivity contribution in [1.29, 1.82) is 0 Å². The topological polar surface area (TPSA) is 0 Å². The molecule has 2 aliphatic rings. The minimum absolute atomic E-state index is 0.556. The van der Waals surface area contributed by atoms with E-state index in [4.69, 9.17) is 18.6 Å². The third kappa shape index (κ3) is 14.6. The molecule has 0 atom stereocenters. The molecule has 0 unspecified atom stereocenters. The molecular weight excluding hydrogens is 335 g/mol. The van der Waals surface area contributed by atoms with Crippen molar-refractivity contribution in [3.8, 4) is 0 Å². The summed E-state index contributed by atoms with van der Waals surface area (Å²) in [5, 5.41) is 0. The molecule has 0 aromatic rings. The van der Waals surface area contributed by atoms with Gasteiger partial charge in [-0.05, 0) is 11.8 Å². The third-order valence-corrected chi connectivity index (χ3v) is 4.88. The van der Waals surface area contributed by atoms with E-state index < -0.39 is 17.0 Å². The molecule has 0 spiro atoms. The van der Waals surface area contributed by atoms with E-state index in [2.05, 4.69) is 13.8 Å². The van der Waals surface area contributed by atoms with E-state index in [1.54, 1.807) is 0 Å². The Balaban J connectivity index is 0.000000322. The van der Waals surface area contributed by atoms with Crippen molar-refractivity contribution in [2.24, 2.45) is 11.8 Å². The molecule has 21 heavy (non-hydrogen) atoms. The maximum atomic E-state index is 4.89. The summed E-state index contributed by atoms with van der Waals surface area (Å²) in [6, 6.07) is 0. The van der Waals surface area contributed by atoms with E-state index >= 15 is 0 Å². The van der Waals surface area contributed by atoms with Crippen LogP contribution in [0.1, 0.15) is 104 Å². The first-order chi connectivity index (χ1) is 10.3. The van der Waals surface area contributed by atoms with Gasteiger partial charge >= 0.3 is 35.6 Å². The van der Waals surface area contributed by atoms with Crippen molar-refractivity contribution in [3.63, 3.8) is 0 Å². The quantitative estimate of drug-likeness (QED) is 0.414. The van der Waals surface area contributed by atoms with Crippen molar-refractivity contribution < 1.29 is 17.0 Å². The predicted molar refractivity (Wildman–Crippen MR) is 94.7 cm³/mol. The van der Waals surface area contributed by atoms with Crippen LogP contribution < -0.4 is 0 Å². The molecule has 2 fully saturated rings. The molecule has 0 radical (unpaired) electrons. The number of unbranched alkanes of at least 4 members (excludes halogenated alkanes) is 2. The molecule has 0 amide bonds. The van der Waals surface area contributed by atoms with Crippen molar-refractivity contribution in [1.82, 2.24) is 0 Å². The first-order valence-corrected chi connectivity index (χ1v) is 13.5. The molecule has 0 aliphatic heterocycles. The summed E-state index contributed by atoms with van der Waals surface area (Å²) in [5.74, 6) is 2.23. The normalized spacial score (nSPS) is 18.7. The van der Waals surface area contributed by atoms with Crippen LogP contribution in [0.15, 0.2) is 0 Å². The van der Waals surface area contributed by atoms with Gasteiger partial charge < -0.3 is 0 Å². The van der Waals surface area contributed by atoms with Gasteiger partial charge in [-0.25, -0.2) is 0 Å². The summed E-state index contributed by atoms with van der Waals surface area (Å²) in [4.78, 5) is 0. The zero-order valence-corrected chi connectivity index (χ0v) is 17.4. The molecule has 0 heterocycles. The molecule has 2 aliphatic carbocycles. The monoisotopic (exact) mass is 370 g/mol. The molecule has 0 aromatic heterocycles. The SMILES string of the molecule is CCCCC1CCCC1.CCCCC1CCCC1.[Cl][Ti][Cl]. The van der Waals surface area contributed by atoms with Crippen molar-refractivity contribution in [2.45, 2.75) is 104 Å². The molecule has 2 saturated carbocycles. The van der Waals surface area contributed by atoms with Gasteiger partial charge in [-0.3, -0.25) is 0 Å². The van der Waals surface area contributed by atoms with Crippen molar-refractivity contribution in [3.05, 3.63) is 0 Å². The van der Waals surface area contributed by atoms with Gasteiger partial charge in [0.1, 0.15) is 0 Å². The fourth-order valence-electron chi connectivity index (χ4n) is 3.58. The Labute approximate surface area is 150 Å². The third-order valence-electron chi connectivity index (χ3n) is 4.88. The second-order valence-electron chi connectivity index (χ2n) is 6.66. The second kappa shape index (κ2) is 17.6. The van der Waals surface area contributed by atoms with Gasteiger partial charge in [0.05, 0.1) is 0 Å². The summed E-state index contributed by atoms with van der Waals surface area (Å²) >= 11 is -0.556. The Morgan fingerprint density at radius 2 is 1.00 bits per heavy atom. The van der Waals surface area contributed by atoms with Gasteiger partial charge in [-0.2, -0.15) is 0 Å². The van der Waals surface area contributed by atoms with Gasteiger partial charge in [0.15, 0.2) is 0 Å². The molecule has 0 N–H and O–H groups in total. The van der Waals surface area contributed by atoms with E-state index in [-0.39, 0.29) is 0 Å². The van der Waals surface area contributed by atoms with E-state index in [1.807, 2.05) is 0 Å². The Hall–Kier alpha value is 1.29. The average Bonchev–Trinajstić information content (AvgIpc) is 3.18. The Morgan fingerprint density at radius 1 is 0.714 bits per heavy atom. The maximum absolute atomic E-state index is 4.89. The average molecular weight is 371 g/mol. The van der Waals surface area contributed by atoms with Crippen LogP contribution in [0, 0.1) is 11.8 Å². The van der Waals surface area contributed by atoms with Gasteiger partial charge in [0, 0.05) is 0 Å². The van der Waals surface area contributed by atoms with Crippen LogP contribution in [0.2, 0.25) is 0 Å². The first kappa shape index (κ1) is 22.3. The van der Waals surface area contributed by atoms with Gasteiger partial charge in [0.2, 0.25) is 0 Å². The van der Waals surface area contributed by atoms with Crippen LogP contribution in [0.4, 0.5) is 0 Å². The summed E-state index contributed by atoms with van der Waals surface area (Å²) in [5.41, 5.74) is 0. The summed E-state index contributed by atoms with van der Waals surface area (Å²) in [7, 11) is 9.78. The van der Waals surface area contributed by atoms with E-state index in [0.717, 1.165) is 11.8 Å². The molecule has 126 valence electrons. The Morgan fingerprint density at radius 3 is 1.24 bits per heavy atom. The molecule has 3 heteroatoms. The minimum atomic E-state index is -0.556. The van der Waals surface area contributed by atoms with Crippen LogP contribution in [0.25, 0.3) is 0 Å². The van der Waals surface area contributed by atoms with E-state index in [9.17, 15) is 0 Å². The Bertz CT molecular complexity index is 168. The van der Waals surface area contributed by atoms with Crippen LogP contribution in [-0.2, 0) is 17.0 Å². The Kier molecular flexibility index (Phi) is 18.7. The number of rotatable bonds is 6. The number of hydrogen-bond donors (Lipinski definition) is 0. The summed E-state index contributed by atoms with van der Waals surface area (Å²) in [6.45, 7) is 4.57. The van der Waals surface area contributed by atoms with Crippen molar-refractivity contribution >= 4 is 18.6 Å². The fourth-order valence-corrected chi connectivity index (χ4v) is 3.58. The van der Waals surface area contributed by atoms with Crippen LogP contribution in [-0.4, -0.2) is 0 Å². The number of hydrogen-bond acceptors (Lipinski definition) is 0. The fraction of sp³-hybridized carbons (Fsp3) is 1.00. The zero-order valence-electron chi connectivity index (χ0n) is 14.3. The summed E-state index contributed by atoms with van der Waals surface area (Å²) in [6.07, 6.45) is 20.9. The molecule has 0 nitrogen and oxygen atoms in total. The van der Waals surface area contributed by atoms with E-state index in [1.165, 1.54) is 89.9 Å². The number of halogens is 2. The van der Waals surface area contributed by atoms with Gasteiger partial charge in [0.25, 0.3) is 0 Å². The van der Waals surface area contributed by atoms with Gasteiger partial charge in [-0.15, -0.1) is 0 Å². The first-order valence-electron chi connectivity index (χ1n) is 9.24. The molecule has 2 rings (SSSR count). The summed E-state index contributed by atoms with van der Waals surface area (Å²) < 4.78 is 0. The van der Waals surface area contributed by atoms with Crippen LogP contribution >= 0.6 is 18.6 Å². The van der Waals surface area contributed by atoms with Gasteiger partial charge in [-0.1, -0.05) is 104 Å². The molecule has 0 aromatic carbocycles. The molecular formula is C18H36Cl2Ti. The van der Waals surface area contributed by atoms with Crippen LogP contribution in [0.5, 0.6) is 0 Å². The predicted octanol–water partition coefficient (Wildman–Crippen LogP) is 8.11. The van der Waals surface area contributed by atoms with Crippen LogP contribution in [0.3, 0.4) is 0 Å². The second-order valence-corrected chi connectivity index (χ2v) is 9.24. The van der Waals surface area contributed by atoms with E-state index in [0.29, 0.717) is 0 Å². The standard InChI is InChI=1S/2C9H18.2ClH.Ti/c2*1-2-3-6-9-7-4-5-8-9;;;/h2*9H,2-8H2,1H3;2*1H;/q;;;;+2/p-2. The molecule has 0 saturated heterocycles. The zero-order chi connectivity index (χ0) is 15.8. The van der Waals surface area contributed by atoms with Crippen molar-refractivity contribution in [2.75, 3.05) is 0 Å².